The van der Waals surface area contributed by atoms with E-state index in [1.165, 1.54) is 0 Å². The van der Waals surface area contributed by atoms with Crippen LogP contribution in [0.2, 0.25) is 0 Å². The Kier molecular flexibility index (Phi) is 3.18. The van der Waals surface area contributed by atoms with E-state index in [1.807, 2.05) is 0 Å². The van der Waals surface area contributed by atoms with Crippen LogP contribution >= 0.6 is 0 Å². The Balaban J connectivity index is 0.00000121. The summed E-state index contributed by atoms with van der Waals surface area (Å²) in [6.45, 7) is -0.697. The molecule has 12 heavy (non-hydrogen) atoms. The van der Waals surface area contributed by atoms with E-state index in [2.05, 4.69) is 0 Å². The van der Waals surface area contributed by atoms with Crippen molar-refractivity contribution in [3.8, 4) is 0 Å². The first-order valence-corrected chi connectivity index (χ1v) is 3.71. The third-order valence-electron chi connectivity index (χ3n) is 2.12. The van der Waals surface area contributed by atoms with E-state index >= 15 is 0 Å². The number of hydrogen-bond donors (Lipinski definition) is 0. The van der Waals surface area contributed by atoms with E-state index in [-0.39, 0.29) is 18.0 Å². The summed E-state index contributed by atoms with van der Waals surface area (Å²) in [6, 6.07) is 0.247. The third-order valence-corrected chi connectivity index (χ3v) is 2.12. The number of rotatable bonds is 2. The highest BCUT2D eigenvalue weighted by molar-refractivity contribution is 4.74. The minimum Gasteiger partial charge on any atom is -0.319 e. The fraction of sp³-hybridized carbons (Fsp3) is 1.00. The lowest BCUT2D eigenvalue weighted by molar-refractivity contribution is -0.911. The summed E-state index contributed by atoms with van der Waals surface area (Å²) in [6.07, 6.45) is -2.13. The zero-order valence-corrected chi connectivity index (χ0v) is 6.78. The Bertz CT molecular complexity index is 147. The molecular weight excluding hydrogens is 167 g/mol. The predicted molar refractivity (Wildman–Crippen MR) is 42.8 cm³/mol. The first-order valence-electron chi connectivity index (χ1n) is 3.71. The monoisotopic (exact) mass is 184 g/mol. The van der Waals surface area contributed by atoms with Gasteiger partial charge < -0.3 is 4.48 Å². The van der Waals surface area contributed by atoms with Gasteiger partial charge in [-0.3, -0.25) is 0 Å². The minimum absolute atomic E-state index is 0. The Hall–Kier alpha value is -0.250. The highest BCUT2D eigenvalue weighted by Crippen LogP contribution is 2.33. The van der Waals surface area contributed by atoms with Crippen LogP contribution in [0.25, 0.3) is 0 Å². The van der Waals surface area contributed by atoms with Crippen LogP contribution in [0.3, 0.4) is 0 Å². The fourth-order valence-corrected chi connectivity index (χ4v) is 1.36. The average Bonchev–Trinajstić information content (AvgIpc) is 2.30. The second-order valence-corrected chi connectivity index (χ2v) is 3.78. The highest BCUT2D eigenvalue weighted by atomic mass is 19.4. The maximum atomic E-state index is 11.9. The molecule has 0 aromatic rings. The fourth-order valence-electron chi connectivity index (χ4n) is 1.36. The number of alkyl halides is 3. The smallest absolute Gasteiger partial charge is 0.319 e. The van der Waals surface area contributed by atoms with Gasteiger partial charge in [-0.05, 0) is 0 Å². The highest BCUT2D eigenvalue weighted by Gasteiger charge is 2.45. The van der Waals surface area contributed by atoms with E-state index in [1.54, 1.807) is 14.1 Å². The van der Waals surface area contributed by atoms with Gasteiger partial charge in [0.1, 0.15) is 0 Å². The van der Waals surface area contributed by atoms with Crippen molar-refractivity contribution >= 4 is 0 Å². The quantitative estimate of drug-likeness (QED) is 0.578. The number of nitrogens with zero attached hydrogens (tertiary/aromatic N) is 1. The predicted octanol–water partition coefficient (Wildman–Crippen LogP) is 2.42. The van der Waals surface area contributed by atoms with Crippen LogP contribution in [0.1, 0.15) is 20.3 Å². The van der Waals surface area contributed by atoms with Crippen molar-refractivity contribution in [3.63, 3.8) is 0 Å². The Labute approximate surface area is 71.8 Å². The van der Waals surface area contributed by atoms with Crippen molar-refractivity contribution in [2.24, 2.45) is 0 Å². The SMILES string of the molecule is C.C[N+](C)(CC(F)(F)F)C1CC1. The van der Waals surface area contributed by atoms with Gasteiger partial charge in [-0.1, -0.05) is 7.43 Å². The largest absolute Gasteiger partial charge is 0.438 e. The molecule has 74 valence electrons. The van der Waals surface area contributed by atoms with Gasteiger partial charge in [0.05, 0.1) is 20.1 Å². The lowest BCUT2D eigenvalue weighted by atomic mass is 10.4. The Morgan fingerprint density at radius 2 is 1.67 bits per heavy atom. The standard InChI is InChI=1S/C7H13F3N.CH4/c1-11(2,6-3-4-6)5-7(8,9)10;/h6H,3-5H2,1-2H3;1H4/q+1;. The number of quaternary nitrogens is 1. The van der Waals surface area contributed by atoms with E-state index in [4.69, 9.17) is 0 Å². The molecule has 4 heteroatoms. The average molecular weight is 184 g/mol. The molecule has 0 heterocycles. The Morgan fingerprint density at radius 3 is 1.92 bits per heavy atom. The molecule has 0 radical (unpaired) electrons. The number of halogens is 3. The summed E-state index contributed by atoms with van der Waals surface area (Å²) in [4.78, 5) is 0. The summed E-state index contributed by atoms with van der Waals surface area (Å²) in [5, 5.41) is 0. The number of hydrogen-bond acceptors (Lipinski definition) is 0. The van der Waals surface area contributed by atoms with Crippen molar-refractivity contribution in [1.82, 2.24) is 0 Å². The van der Waals surface area contributed by atoms with Gasteiger partial charge >= 0.3 is 6.18 Å². The van der Waals surface area contributed by atoms with Gasteiger partial charge in [-0.25, -0.2) is 0 Å². The van der Waals surface area contributed by atoms with E-state index in [0.29, 0.717) is 0 Å². The van der Waals surface area contributed by atoms with Gasteiger partial charge in [0, 0.05) is 12.8 Å². The van der Waals surface area contributed by atoms with Crippen molar-refractivity contribution in [2.75, 3.05) is 20.6 Å². The molecule has 1 aliphatic rings. The molecule has 0 aromatic heterocycles. The molecule has 1 saturated carbocycles. The summed E-state index contributed by atoms with van der Waals surface area (Å²) < 4.78 is 35.9. The molecule has 1 rings (SSSR count). The van der Waals surface area contributed by atoms with E-state index in [9.17, 15) is 13.2 Å². The van der Waals surface area contributed by atoms with Crippen LogP contribution in [0.5, 0.6) is 0 Å². The molecule has 0 amide bonds. The zero-order valence-electron chi connectivity index (χ0n) is 6.78. The summed E-state index contributed by atoms with van der Waals surface area (Å²) >= 11 is 0. The van der Waals surface area contributed by atoms with E-state index < -0.39 is 12.7 Å². The second kappa shape index (κ2) is 3.24. The van der Waals surface area contributed by atoms with Crippen LogP contribution in [0, 0.1) is 0 Å². The van der Waals surface area contributed by atoms with Crippen LogP contribution in [-0.4, -0.2) is 37.3 Å². The first-order chi connectivity index (χ1) is 4.81. The summed E-state index contributed by atoms with van der Waals surface area (Å²) in [5.74, 6) is 0. The molecule has 0 aliphatic heterocycles. The second-order valence-electron chi connectivity index (χ2n) is 3.78. The van der Waals surface area contributed by atoms with Gasteiger partial charge in [-0.2, -0.15) is 13.2 Å². The van der Waals surface area contributed by atoms with Crippen molar-refractivity contribution in [2.45, 2.75) is 32.5 Å². The van der Waals surface area contributed by atoms with Crippen LogP contribution in [0.4, 0.5) is 13.2 Å². The first kappa shape index (κ1) is 11.8. The molecular formula is C8H17F3N+. The summed E-state index contributed by atoms with van der Waals surface area (Å²) in [7, 11) is 3.29. The summed E-state index contributed by atoms with van der Waals surface area (Å²) in [5.41, 5.74) is 0. The van der Waals surface area contributed by atoms with Gasteiger partial charge in [0.2, 0.25) is 0 Å². The molecule has 0 bridgehead atoms. The maximum Gasteiger partial charge on any atom is 0.438 e. The molecule has 0 spiro atoms. The molecule has 0 atom stereocenters. The van der Waals surface area contributed by atoms with Gasteiger partial charge in [0.25, 0.3) is 0 Å². The molecule has 0 unspecified atom stereocenters. The van der Waals surface area contributed by atoms with Crippen LogP contribution in [-0.2, 0) is 0 Å². The van der Waals surface area contributed by atoms with Crippen molar-refractivity contribution < 1.29 is 17.7 Å². The van der Waals surface area contributed by atoms with Crippen LogP contribution < -0.4 is 0 Å². The zero-order chi connectivity index (χ0) is 8.70. The lowest BCUT2D eigenvalue weighted by Crippen LogP contribution is -2.48. The molecule has 0 saturated heterocycles. The van der Waals surface area contributed by atoms with E-state index in [0.717, 1.165) is 12.8 Å². The topological polar surface area (TPSA) is 0 Å². The third kappa shape index (κ3) is 3.43. The van der Waals surface area contributed by atoms with Crippen molar-refractivity contribution in [1.29, 1.82) is 0 Å². The molecule has 1 aliphatic carbocycles. The lowest BCUT2D eigenvalue weighted by Gasteiger charge is -2.30. The van der Waals surface area contributed by atoms with Gasteiger partial charge in [0.15, 0.2) is 6.54 Å². The Morgan fingerprint density at radius 1 is 1.25 bits per heavy atom. The maximum absolute atomic E-state index is 11.9. The normalized spacial score (nSPS) is 18.8. The molecule has 0 N–H and O–H groups in total. The minimum atomic E-state index is -4.02. The van der Waals surface area contributed by atoms with Crippen molar-refractivity contribution in [3.05, 3.63) is 0 Å². The molecule has 0 aromatic carbocycles. The van der Waals surface area contributed by atoms with Crippen LogP contribution in [0.15, 0.2) is 0 Å². The molecule has 1 nitrogen and oxygen atoms in total. The molecule has 1 fully saturated rings. The van der Waals surface area contributed by atoms with Gasteiger partial charge in [-0.15, -0.1) is 0 Å².